The molecule has 0 radical (unpaired) electrons. The highest BCUT2D eigenvalue weighted by molar-refractivity contribution is 6.29. The molecular weight excluding hydrogens is 247 g/mol. The first kappa shape index (κ1) is 13.6. The minimum absolute atomic E-state index is 0. The summed E-state index contributed by atoms with van der Waals surface area (Å²) in [5, 5.41) is 3.85. The van der Waals surface area contributed by atoms with E-state index in [1.165, 1.54) is 6.42 Å². The molecule has 0 amide bonds. The standard InChI is InChI=1S/C10H15ClN4.ClH/c1-15(8-2-3-12-6-8)7-9-10(11)14-5-4-13-9;/h4-5,8,12H,2-3,6-7H2,1H3;1H/t8-;/m0./s1. The van der Waals surface area contributed by atoms with Crippen LogP contribution < -0.4 is 5.32 Å². The first-order valence-electron chi connectivity index (χ1n) is 5.13. The third-order valence-corrected chi connectivity index (χ3v) is 3.10. The van der Waals surface area contributed by atoms with Crippen molar-refractivity contribution in [3.8, 4) is 0 Å². The first-order chi connectivity index (χ1) is 7.27. The Balaban J connectivity index is 0.00000128. The SMILES string of the molecule is CN(Cc1nccnc1Cl)[C@H]1CCNC1.Cl. The topological polar surface area (TPSA) is 41.1 Å². The molecule has 0 spiro atoms. The number of aromatic nitrogens is 2. The second-order valence-electron chi connectivity index (χ2n) is 3.86. The van der Waals surface area contributed by atoms with Crippen molar-refractivity contribution in [1.29, 1.82) is 0 Å². The first-order valence-corrected chi connectivity index (χ1v) is 5.51. The summed E-state index contributed by atoms with van der Waals surface area (Å²) < 4.78 is 0. The van der Waals surface area contributed by atoms with Crippen molar-refractivity contribution in [1.82, 2.24) is 20.2 Å². The van der Waals surface area contributed by atoms with E-state index in [9.17, 15) is 0 Å². The van der Waals surface area contributed by atoms with Crippen LogP contribution >= 0.6 is 24.0 Å². The third kappa shape index (κ3) is 3.28. The van der Waals surface area contributed by atoms with Crippen LogP contribution in [0.4, 0.5) is 0 Å². The Kier molecular flexibility index (Phi) is 5.41. The summed E-state index contributed by atoms with van der Waals surface area (Å²) in [5.74, 6) is 0. The van der Waals surface area contributed by atoms with Crippen LogP contribution in [0.2, 0.25) is 5.15 Å². The third-order valence-electron chi connectivity index (χ3n) is 2.78. The fourth-order valence-electron chi connectivity index (χ4n) is 1.84. The molecule has 0 aliphatic carbocycles. The zero-order chi connectivity index (χ0) is 10.7. The molecule has 6 heteroatoms. The minimum atomic E-state index is 0. The van der Waals surface area contributed by atoms with Crippen molar-refractivity contribution in [2.24, 2.45) is 0 Å². The quantitative estimate of drug-likeness (QED) is 0.893. The number of nitrogens with zero attached hydrogens (tertiary/aromatic N) is 3. The molecule has 1 saturated heterocycles. The van der Waals surface area contributed by atoms with Gasteiger partial charge in [-0.15, -0.1) is 12.4 Å². The zero-order valence-electron chi connectivity index (χ0n) is 9.19. The van der Waals surface area contributed by atoms with Gasteiger partial charge in [0.15, 0.2) is 5.15 Å². The van der Waals surface area contributed by atoms with Crippen molar-refractivity contribution >= 4 is 24.0 Å². The molecule has 0 bridgehead atoms. The lowest BCUT2D eigenvalue weighted by atomic mass is 10.2. The fraction of sp³-hybridized carbons (Fsp3) is 0.600. The van der Waals surface area contributed by atoms with Crippen LogP contribution in [0.25, 0.3) is 0 Å². The van der Waals surface area contributed by atoms with Gasteiger partial charge in [-0.3, -0.25) is 9.88 Å². The maximum atomic E-state index is 5.96. The highest BCUT2D eigenvalue weighted by Gasteiger charge is 2.20. The molecular formula is C10H16Cl2N4. The molecule has 1 aromatic heterocycles. The Morgan fingerprint density at radius 2 is 2.25 bits per heavy atom. The smallest absolute Gasteiger partial charge is 0.151 e. The molecule has 1 aliphatic heterocycles. The molecule has 1 aromatic rings. The van der Waals surface area contributed by atoms with E-state index in [-0.39, 0.29) is 12.4 Å². The van der Waals surface area contributed by atoms with Gasteiger partial charge in [0.2, 0.25) is 0 Å². The maximum Gasteiger partial charge on any atom is 0.151 e. The second kappa shape index (κ2) is 6.35. The van der Waals surface area contributed by atoms with Crippen molar-refractivity contribution in [2.75, 3.05) is 20.1 Å². The van der Waals surface area contributed by atoms with Gasteiger partial charge < -0.3 is 5.32 Å². The van der Waals surface area contributed by atoms with E-state index in [1.54, 1.807) is 12.4 Å². The van der Waals surface area contributed by atoms with Crippen LogP contribution in [0, 0.1) is 0 Å². The summed E-state index contributed by atoms with van der Waals surface area (Å²) in [6.45, 7) is 2.91. The monoisotopic (exact) mass is 262 g/mol. The van der Waals surface area contributed by atoms with Crippen LogP contribution in [0.3, 0.4) is 0 Å². The summed E-state index contributed by atoms with van der Waals surface area (Å²) >= 11 is 5.96. The highest BCUT2D eigenvalue weighted by atomic mass is 35.5. The second-order valence-corrected chi connectivity index (χ2v) is 4.21. The van der Waals surface area contributed by atoms with Gasteiger partial charge in [-0.25, -0.2) is 4.98 Å². The van der Waals surface area contributed by atoms with Crippen LogP contribution in [-0.4, -0.2) is 41.0 Å². The summed E-state index contributed by atoms with van der Waals surface area (Å²) in [7, 11) is 2.10. The molecule has 2 heterocycles. The van der Waals surface area contributed by atoms with E-state index in [0.717, 1.165) is 25.3 Å². The minimum Gasteiger partial charge on any atom is -0.315 e. The molecule has 1 atom stereocenters. The van der Waals surface area contributed by atoms with Gasteiger partial charge in [-0.2, -0.15) is 0 Å². The van der Waals surface area contributed by atoms with Crippen LogP contribution in [0.1, 0.15) is 12.1 Å². The van der Waals surface area contributed by atoms with Crippen molar-refractivity contribution in [2.45, 2.75) is 19.0 Å². The number of rotatable bonds is 3. The van der Waals surface area contributed by atoms with Gasteiger partial charge in [0.1, 0.15) is 0 Å². The molecule has 4 nitrogen and oxygen atoms in total. The average Bonchev–Trinajstić information content (AvgIpc) is 2.74. The fourth-order valence-corrected chi connectivity index (χ4v) is 2.00. The molecule has 0 aromatic carbocycles. The number of hydrogen-bond donors (Lipinski definition) is 1. The Bertz CT molecular complexity index is 328. The van der Waals surface area contributed by atoms with Crippen LogP contribution in [0.5, 0.6) is 0 Å². The van der Waals surface area contributed by atoms with Crippen LogP contribution in [0.15, 0.2) is 12.4 Å². The Morgan fingerprint density at radius 1 is 1.50 bits per heavy atom. The lowest BCUT2D eigenvalue weighted by molar-refractivity contribution is 0.246. The molecule has 1 fully saturated rings. The normalized spacial score (nSPS) is 19.8. The predicted molar refractivity (Wildman–Crippen MR) is 67.0 cm³/mol. The lowest BCUT2D eigenvalue weighted by Gasteiger charge is -2.22. The Morgan fingerprint density at radius 3 is 2.88 bits per heavy atom. The van der Waals surface area contributed by atoms with Gasteiger partial charge in [-0.1, -0.05) is 11.6 Å². The lowest BCUT2D eigenvalue weighted by Crippen LogP contribution is -2.33. The highest BCUT2D eigenvalue weighted by Crippen LogP contribution is 2.14. The molecule has 90 valence electrons. The molecule has 1 N–H and O–H groups in total. The van der Waals surface area contributed by atoms with Crippen molar-refractivity contribution in [3.63, 3.8) is 0 Å². The van der Waals surface area contributed by atoms with E-state index in [2.05, 4.69) is 27.2 Å². The van der Waals surface area contributed by atoms with Crippen LogP contribution in [-0.2, 0) is 6.54 Å². The molecule has 1 aliphatic rings. The largest absolute Gasteiger partial charge is 0.315 e. The van der Waals surface area contributed by atoms with E-state index in [1.807, 2.05) is 0 Å². The summed E-state index contributed by atoms with van der Waals surface area (Å²) in [4.78, 5) is 10.5. The number of nitrogens with one attached hydrogen (secondary N) is 1. The summed E-state index contributed by atoms with van der Waals surface area (Å²) in [6.07, 6.45) is 4.49. The summed E-state index contributed by atoms with van der Waals surface area (Å²) in [5.41, 5.74) is 0.855. The summed E-state index contributed by atoms with van der Waals surface area (Å²) in [6, 6.07) is 0.586. The zero-order valence-corrected chi connectivity index (χ0v) is 10.8. The van der Waals surface area contributed by atoms with Gasteiger partial charge in [0, 0.05) is 31.5 Å². The van der Waals surface area contributed by atoms with Gasteiger partial charge in [0.25, 0.3) is 0 Å². The number of likely N-dealkylation sites (N-methyl/N-ethyl adjacent to an activating group) is 1. The maximum absolute atomic E-state index is 5.96. The molecule has 0 saturated carbocycles. The van der Waals surface area contributed by atoms with Gasteiger partial charge in [-0.05, 0) is 20.0 Å². The van der Waals surface area contributed by atoms with Gasteiger partial charge >= 0.3 is 0 Å². The Hall–Kier alpha value is -0.420. The van der Waals surface area contributed by atoms with Crippen molar-refractivity contribution < 1.29 is 0 Å². The van der Waals surface area contributed by atoms with E-state index >= 15 is 0 Å². The number of halogens is 2. The average molecular weight is 263 g/mol. The van der Waals surface area contributed by atoms with Gasteiger partial charge in [0.05, 0.1) is 5.69 Å². The predicted octanol–water partition coefficient (Wildman–Crippen LogP) is 1.35. The molecule has 0 unspecified atom stereocenters. The van der Waals surface area contributed by atoms with E-state index in [0.29, 0.717) is 11.2 Å². The molecule has 2 rings (SSSR count). The molecule has 16 heavy (non-hydrogen) atoms. The Labute approximate surface area is 107 Å². The van der Waals surface area contributed by atoms with Crippen molar-refractivity contribution in [3.05, 3.63) is 23.2 Å². The van der Waals surface area contributed by atoms with E-state index < -0.39 is 0 Å². The van der Waals surface area contributed by atoms with E-state index in [4.69, 9.17) is 11.6 Å². The number of hydrogen-bond acceptors (Lipinski definition) is 4.